The van der Waals surface area contributed by atoms with Gasteiger partial charge in [-0.25, -0.2) is 4.39 Å². The Labute approximate surface area is 160 Å². The molecule has 0 fully saturated rings. The van der Waals surface area contributed by atoms with Crippen molar-refractivity contribution in [3.8, 4) is 17.2 Å². The van der Waals surface area contributed by atoms with Crippen molar-refractivity contribution in [2.45, 2.75) is 26.3 Å². The summed E-state index contributed by atoms with van der Waals surface area (Å²) >= 11 is 0. The van der Waals surface area contributed by atoms with E-state index < -0.39 is 0 Å². The molecule has 1 N–H and O–H groups in total. The fourth-order valence-corrected chi connectivity index (χ4v) is 3.25. The molecule has 1 unspecified atom stereocenters. The third-order valence-electron chi connectivity index (χ3n) is 4.38. The minimum atomic E-state index is -0.281. The molecule has 1 aliphatic heterocycles. The Bertz CT molecular complexity index is 754. The summed E-state index contributed by atoms with van der Waals surface area (Å²) in [6, 6.07) is 8.76. The molecule has 0 spiro atoms. The molecule has 26 heavy (non-hydrogen) atoms. The summed E-state index contributed by atoms with van der Waals surface area (Å²) in [6.45, 7) is 5.80. The molecule has 0 saturated heterocycles. The highest BCUT2D eigenvalue weighted by Gasteiger charge is 2.26. The summed E-state index contributed by atoms with van der Waals surface area (Å²) in [5.74, 6) is 1.68. The van der Waals surface area contributed by atoms with E-state index in [0.717, 1.165) is 29.8 Å². The molecule has 1 aliphatic rings. The smallest absolute Gasteiger partial charge is 0.161 e. The molecule has 0 aliphatic carbocycles. The van der Waals surface area contributed by atoms with Crippen molar-refractivity contribution in [1.29, 1.82) is 0 Å². The Kier molecular flexibility index (Phi) is 7.12. The van der Waals surface area contributed by atoms with Crippen LogP contribution in [-0.2, 0) is 6.42 Å². The van der Waals surface area contributed by atoms with Gasteiger partial charge in [-0.05, 0) is 49.6 Å². The van der Waals surface area contributed by atoms with Gasteiger partial charge in [-0.2, -0.15) is 0 Å². The first-order valence-electron chi connectivity index (χ1n) is 8.67. The zero-order valence-electron chi connectivity index (χ0n) is 15.3. The number of benzene rings is 2. The summed E-state index contributed by atoms with van der Waals surface area (Å²) in [5, 5.41) is 3.41. The first-order chi connectivity index (χ1) is 12.2. The molecule has 2 aromatic rings. The van der Waals surface area contributed by atoms with Crippen molar-refractivity contribution in [3.63, 3.8) is 0 Å². The summed E-state index contributed by atoms with van der Waals surface area (Å²) in [4.78, 5) is 0. The van der Waals surface area contributed by atoms with Crippen LogP contribution < -0.4 is 19.5 Å². The van der Waals surface area contributed by atoms with E-state index in [9.17, 15) is 4.39 Å². The van der Waals surface area contributed by atoms with Crippen molar-refractivity contribution in [2.75, 3.05) is 26.9 Å². The molecular formula is C20H25ClFNO3. The Morgan fingerprint density at radius 2 is 1.73 bits per heavy atom. The summed E-state index contributed by atoms with van der Waals surface area (Å²) in [6.07, 6.45) is 0.871. The zero-order chi connectivity index (χ0) is 17.8. The predicted octanol–water partition coefficient (Wildman–Crippen LogP) is 4.29. The van der Waals surface area contributed by atoms with Gasteiger partial charge in [0.25, 0.3) is 0 Å². The van der Waals surface area contributed by atoms with Crippen LogP contribution in [0.1, 0.15) is 36.6 Å². The maximum absolute atomic E-state index is 14.6. The predicted molar refractivity (Wildman–Crippen MR) is 103 cm³/mol. The second-order valence-electron chi connectivity index (χ2n) is 5.89. The van der Waals surface area contributed by atoms with Crippen LogP contribution in [0.2, 0.25) is 0 Å². The molecular weight excluding hydrogens is 357 g/mol. The maximum atomic E-state index is 14.6. The second kappa shape index (κ2) is 9.10. The van der Waals surface area contributed by atoms with Gasteiger partial charge in [0.1, 0.15) is 11.6 Å². The molecule has 142 valence electrons. The van der Waals surface area contributed by atoms with E-state index in [-0.39, 0.29) is 24.3 Å². The van der Waals surface area contributed by atoms with E-state index in [1.807, 2.05) is 26.0 Å². The quantitative estimate of drug-likeness (QED) is 0.810. The Balaban J connectivity index is 0.00000243. The summed E-state index contributed by atoms with van der Waals surface area (Å²) in [5.41, 5.74) is 2.79. The summed E-state index contributed by atoms with van der Waals surface area (Å²) < 4.78 is 31.1. The van der Waals surface area contributed by atoms with Crippen molar-refractivity contribution >= 4 is 12.4 Å². The minimum absolute atomic E-state index is 0. The van der Waals surface area contributed by atoms with Gasteiger partial charge < -0.3 is 19.5 Å². The standard InChI is InChI=1S/C20H24FNO3.ClH/c1-4-24-18-10-13-8-9-22-20(16(13)12-19(18)25-5-2)15-7-6-14(23-3)11-17(15)21;/h6-7,10-12,20,22H,4-5,8-9H2,1-3H3;1H. The Morgan fingerprint density at radius 3 is 2.35 bits per heavy atom. The number of fused-ring (bicyclic) bond motifs is 1. The van der Waals surface area contributed by atoms with E-state index in [2.05, 4.69) is 5.32 Å². The molecule has 1 heterocycles. The number of methoxy groups -OCH3 is 1. The van der Waals surface area contributed by atoms with Gasteiger partial charge in [0.05, 0.1) is 26.4 Å². The van der Waals surface area contributed by atoms with Crippen LogP contribution in [0, 0.1) is 5.82 Å². The van der Waals surface area contributed by atoms with Gasteiger partial charge in [-0.1, -0.05) is 6.07 Å². The van der Waals surface area contributed by atoms with Gasteiger partial charge in [-0.3, -0.25) is 0 Å². The lowest BCUT2D eigenvalue weighted by atomic mass is 9.89. The van der Waals surface area contributed by atoms with E-state index in [0.29, 0.717) is 30.3 Å². The lowest BCUT2D eigenvalue weighted by Crippen LogP contribution is -2.31. The lowest BCUT2D eigenvalue weighted by Gasteiger charge is -2.29. The average Bonchev–Trinajstić information content (AvgIpc) is 2.62. The highest BCUT2D eigenvalue weighted by molar-refractivity contribution is 5.85. The first kappa shape index (κ1) is 20.3. The van der Waals surface area contributed by atoms with Crippen molar-refractivity contribution in [3.05, 3.63) is 52.8 Å². The third kappa shape index (κ3) is 4.05. The number of halogens is 2. The number of rotatable bonds is 6. The third-order valence-corrected chi connectivity index (χ3v) is 4.38. The van der Waals surface area contributed by atoms with Crippen LogP contribution >= 0.6 is 12.4 Å². The molecule has 0 saturated carbocycles. The second-order valence-corrected chi connectivity index (χ2v) is 5.89. The molecule has 0 bridgehead atoms. The zero-order valence-corrected chi connectivity index (χ0v) is 16.1. The highest BCUT2D eigenvalue weighted by atomic mass is 35.5. The van der Waals surface area contributed by atoms with Gasteiger partial charge >= 0.3 is 0 Å². The van der Waals surface area contributed by atoms with Crippen LogP contribution in [0.3, 0.4) is 0 Å². The summed E-state index contributed by atoms with van der Waals surface area (Å²) in [7, 11) is 1.53. The number of hydrogen-bond donors (Lipinski definition) is 1. The topological polar surface area (TPSA) is 39.7 Å². The first-order valence-corrected chi connectivity index (χ1v) is 8.67. The van der Waals surface area contributed by atoms with E-state index in [1.165, 1.54) is 13.2 Å². The number of nitrogens with one attached hydrogen (secondary N) is 1. The fraction of sp³-hybridized carbons (Fsp3) is 0.400. The normalized spacial score (nSPS) is 15.6. The van der Waals surface area contributed by atoms with E-state index in [4.69, 9.17) is 14.2 Å². The van der Waals surface area contributed by atoms with E-state index in [1.54, 1.807) is 12.1 Å². The number of ether oxygens (including phenoxy) is 3. The van der Waals surface area contributed by atoms with Crippen LogP contribution in [0.5, 0.6) is 17.2 Å². The molecule has 2 aromatic carbocycles. The van der Waals surface area contributed by atoms with E-state index >= 15 is 0 Å². The van der Waals surface area contributed by atoms with Crippen LogP contribution in [0.25, 0.3) is 0 Å². The largest absolute Gasteiger partial charge is 0.497 e. The lowest BCUT2D eigenvalue weighted by molar-refractivity contribution is 0.286. The Morgan fingerprint density at radius 1 is 1.04 bits per heavy atom. The van der Waals surface area contributed by atoms with Crippen LogP contribution in [0.4, 0.5) is 4.39 Å². The van der Waals surface area contributed by atoms with Gasteiger partial charge in [0.2, 0.25) is 0 Å². The SMILES string of the molecule is CCOc1cc2c(cc1OCC)C(c1ccc(OC)cc1F)NCC2.Cl. The fourth-order valence-electron chi connectivity index (χ4n) is 3.25. The molecule has 0 aromatic heterocycles. The van der Waals surface area contributed by atoms with Gasteiger partial charge in [0, 0.05) is 18.2 Å². The molecule has 1 atom stereocenters. The highest BCUT2D eigenvalue weighted by Crippen LogP contribution is 2.38. The maximum Gasteiger partial charge on any atom is 0.161 e. The molecule has 6 heteroatoms. The van der Waals surface area contributed by atoms with Crippen molar-refractivity contribution < 1.29 is 18.6 Å². The van der Waals surface area contributed by atoms with Crippen LogP contribution in [0.15, 0.2) is 30.3 Å². The molecule has 4 nitrogen and oxygen atoms in total. The average molecular weight is 382 g/mol. The molecule has 3 rings (SSSR count). The number of hydrogen-bond acceptors (Lipinski definition) is 4. The minimum Gasteiger partial charge on any atom is -0.497 e. The van der Waals surface area contributed by atoms with Gasteiger partial charge in [-0.15, -0.1) is 12.4 Å². The van der Waals surface area contributed by atoms with Crippen LogP contribution in [-0.4, -0.2) is 26.9 Å². The molecule has 0 amide bonds. The Hall–Kier alpha value is -1.98. The molecule has 0 radical (unpaired) electrons. The van der Waals surface area contributed by atoms with Crippen molar-refractivity contribution in [2.24, 2.45) is 0 Å². The van der Waals surface area contributed by atoms with Gasteiger partial charge in [0.15, 0.2) is 11.5 Å². The van der Waals surface area contributed by atoms with Crippen molar-refractivity contribution in [1.82, 2.24) is 5.32 Å². The monoisotopic (exact) mass is 381 g/mol.